The third kappa shape index (κ3) is 2.98. The van der Waals surface area contributed by atoms with E-state index in [1.165, 1.54) is 32.7 Å². The maximum Gasteiger partial charge on any atom is 0.0254 e. The second-order valence-electron chi connectivity index (χ2n) is 6.86. The lowest BCUT2D eigenvalue weighted by atomic mass is 9.80. The van der Waals surface area contributed by atoms with Crippen LogP contribution in [-0.4, -0.2) is 12.6 Å². The zero-order valence-corrected chi connectivity index (χ0v) is 14.8. The molecule has 0 aromatic heterocycles. The Morgan fingerprint density at radius 2 is 1.08 bits per heavy atom. The summed E-state index contributed by atoms with van der Waals surface area (Å²) in [6.45, 7) is 0.590. The number of rotatable bonds is 5. The van der Waals surface area contributed by atoms with E-state index in [0.29, 0.717) is 6.54 Å². The Kier molecular flexibility index (Phi) is 4.70. The highest BCUT2D eigenvalue weighted by atomic mass is 14.7. The second-order valence-corrected chi connectivity index (χ2v) is 6.86. The van der Waals surface area contributed by atoms with Gasteiger partial charge in [0, 0.05) is 12.0 Å². The molecule has 4 aromatic rings. The molecule has 0 bridgehead atoms. The van der Waals surface area contributed by atoms with Crippen molar-refractivity contribution in [2.45, 2.75) is 18.4 Å². The minimum absolute atomic E-state index is 0.0309. The third-order valence-electron chi connectivity index (χ3n) is 5.24. The van der Waals surface area contributed by atoms with Crippen LogP contribution in [0.2, 0.25) is 0 Å². The maximum atomic E-state index is 6.69. The SMILES string of the molecule is NCCC(N)C(c1cccc2ccccc12)c1cccc2ccccc12. The molecule has 0 fully saturated rings. The molecule has 0 heterocycles. The second kappa shape index (κ2) is 7.28. The highest BCUT2D eigenvalue weighted by molar-refractivity contribution is 5.90. The minimum atomic E-state index is -0.0309. The molecule has 4 aromatic carbocycles. The predicted octanol–water partition coefficient (Wildman–Crippen LogP) is 4.80. The van der Waals surface area contributed by atoms with E-state index in [1.54, 1.807) is 0 Å². The Labute approximate surface area is 154 Å². The Bertz CT molecular complexity index is 948. The van der Waals surface area contributed by atoms with Crippen molar-refractivity contribution in [3.63, 3.8) is 0 Å². The highest BCUT2D eigenvalue weighted by Crippen LogP contribution is 2.37. The molecule has 0 aliphatic rings. The van der Waals surface area contributed by atoms with Gasteiger partial charge in [0.05, 0.1) is 0 Å². The van der Waals surface area contributed by atoms with E-state index < -0.39 is 0 Å². The quantitative estimate of drug-likeness (QED) is 0.548. The van der Waals surface area contributed by atoms with E-state index in [-0.39, 0.29) is 12.0 Å². The van der Waals surface area contributed by atoms with E-state index in [9.17, 15) is 0 Å². The lowest BCUT2D eigenvalue weighted by Gasteiger charge is -2.27. The van der Waals surface area contributed by atoms with E-state index in [2.05, 4.69) is 84.9 Å². The average Bonchev–Trinajstić information content (AvgIpc) is 2.69. The first-order valence-corrected chi connectivity index (χ1v) is 9.20. The van der Waals surface area contributed by atoms with Gasteiger partial charge >= 0.3 is 0 Å². The van der Waals surface area contributed by atoms with Gasteiger partial charge in [-0.15, -0.1) is 0 Å². The average molecular weight is 340 g/mol. The zero-order valence-electron chi connectivity index (χ0n) is 14.8. The summed E-state index contributed by atoms with van der Waals surface area (Å²) in [5.41, 5.74) is 15.1. The molecular weight excluding hydrogens is 316 g/mol. The summed E-state index contributed by atoms with van der Waals surface area (Å²) >= 11 is 0. The van der Waals surface area contributed by atoms with Gasteiger partial charge in [-0.05, 0) is 45.6 Å². The van der Waals surface area contributed by atoms with Crippen LogP contribution < -0.4 is 11.5 Å². The fourth-order valence-corrected chi connectivity index (χ4v) is 4.03. The van der Waals surface area contributed by atoms with Gasteiger partial charge in [-0.2, -0.15) is 0 Å². The molecular formula is C24H24N2. The van der Waals surface area contributed by atoms with Crippen molar-refractivity contribution in [1.29, 1.82) is 0 Å². The molecule has 1 unspecified atom stereocenters. The summed E-state index contributed by atoms with van der Waals surface area (Å²) in [5.74, 6) is 0.107. The minimum Gasteiger partial charge on any atom is -0.330 e. The standard InChI is InChI=1S/C24H24N2/c25-16-15-23(26)24(21-13-5-9-17-7-1-3-11-19(17)21)22-14-6-10-18-8-2-4-12-20(18)22/h1-14,23-24H,15-16,25-26H2. The smallest absolute Gasteiger partial charge is 0.0254 e. The van der Waals surface area contributed by atoms with Gasteiger partial charge in [-0.3, -0.25) is 0 Å². The molecule has 2 nitrogen and oxygen atoms in total. The van der Waals surface area contributed by atoms with Gasteiger partial charge in [0.25, 0.3) is 0 Å². The van der Waals surface area contributed by atoms with Crippen LogP contribution in [-0.2, 0) is 0 Å². The fourth-order valence-electron chi connectivity index (χ4n) is 4.03. The lowest BCUT2D eigenvalue weighted by molar-refractivity contribution is 0.562. The molecule has 0 amide bonds. The van der Waals surface area contributed by atoms with Crippen LogP contribution >= 0.6 is 0 Å². The van der Waals surface area contributed by atoms with E-state index in [1.807, 2.05) is 0 Å². The number of hydrogen-bond acceptors (Lipinski definition) is 2. The molecule has 2 heteroatoms. The summed E-state index contributed by atoms with van der Waals surface area (Å²) in [6, 6.07) is 30.0. The number of benzene rings is 4. The normalized spacial score (nSPS) is 12.7. The fraction of sp³-hybridized carbons (Fsp3) is 0.167. The topological polar surface area (TPSA) is 52.0 Å². The van der Waals surface area contributed by atoms with Gasteiger partial charge < -0.3 is 11.5 Å². The van der Waals surface area contributed by atoms with Crippen LogP contribution in [0.25, 0.3) is 21.5 Å². The van der Waals surface area contributed by atoms with Crippen molar-refractivity contribution in [2.24, 2.45) is 11.5 Å². The van der Waals surface area contributed by atoms with Crippen LogP contribution in [0.3, 0.4) is 0 Å². The van der Waals surface area contributed by atoms with Gasteiger partial charge in [0.2, 0.25) is 0 Å². The van der Waals surface area contributed by atoms with Crippen LogP contribution in [0.5, 0.6) is 0 Å². The molecule has 4 N–H and O–H groups in total. The van der Waals surface area contributed by atoms with Crippen LogP contribution in [0, 0.1) is 0 Å². The van der Waals surface area contributed by atoms with E-state index in [4.69, 9.17) is 11.5 Å². The molecule has 1 atom stereocenters. The molecule has 0 saturated heterocycles. The van der Waals surface area contributed by atoms with Crippen molar-refractivity contribution in [1.82, 2.24) is 0 Å². The number of nitrogens with two attached hydrogens (primary N) is 2. The Morgan fingerprint density at radius 3 is 1.58 bits per heavy atom. The lowest BCUT2D eigenvalue weighted by Crippen LogP contribution is -2.32. The largest absolute Gasteiger partial charge is 0.330 e. The molecule has 0 saturated carbocycles. The van der Waals surface area contributed by atoms with E-state index >= 15 is 0 Å². The summed E-state index contributed by atoms with van der Waals surface area (Å²) in [4.78, 5) is 0. The van der Waals surface area contributed by atoms with Crippen LogP contribution in [0.1, 0.15) is 23.5 Å². The van der Waals surface area contributed by atoms with Gasteiger partial charge in [-0.25, -0.2) is 0 Å². The number of fused-ring (bicyclic) bond motifs is 2. The monoisotopic (exact) mass is 340 g/mol. The molecule has 0 spiro atoms. The Hall–Kier alpha value is -2.68. The molecule has 26 heavy (non-hydrogen) atoms. The van der Waals surface area contributed by atoms with Crippen molar-refractivity contribution < 1.29 is 0 Å². The Balaban J connectivity index is 1.98. The van der Waals surface area contributed by atoms with Crippen LogP contribution in [0.4, 0.5) is 0 Å². The van der Waals surface area contributed by atoms with Gasteiger partial charge in [0.1, 0.15) is 0 Å². The molecule has 0 aliphatic carbocycles. The summed E-state index contributed by atoms with van der Waals surface area (Å²) in [7, 11) is 0. The number of hydrogen-bond donors (Lipinski definition) is 2. The predicted molar refractivity (Wildman–Crippen MR) is 111 cm³/mol. The first kappa shape index (κ1) is 16.8. The first-order valence-electron chi connectivity index (χ1n) is 9.20. The van der Waals surface area contributed by atoms with Crippen molar-refractivity contribution in [3.8, 4) is 0 Å². The van der Waals surface area contributed by atoms with Gasteiger partial charge in [0.15, 0.2) is 0 Å². The van der Waals surface area contributed by atoms with Gasteiger partial charge in [-0.1, -0.05) is 84.9 Å². The zero-order chi connectivity index (χ0) is 17.9. The van der Waals surface area contributed by atoms with Crippen molar-refractivity contribution in [3.05, 3.63) is 96.1 Å². The molecule has 0 radical (unpaired) electrons. The summed E-state index contributed by atoms with van der Waals surface area (Å²) in [6.07, 6.45) is 0.789. The summed E-state index contributed by atoms with van der Waals surface area (Å²) in [5, 5.41) is 5.02. The third-order valence-corrected chi connectivity index (χ3v) is 5.24. The molecule has 4 rings (SSSR count). The molecule has 130 valence electrons. The van der Waals surface area contributed by atoms with Crippen molar-refractivity contribution >= 4 is 21.5 Å². The maximum absolute atomic E-state index is 6.69. The summed E-state index contributed by atoms with van der Waals surface area (Å²) < 4.78 is 0. The van der Waals surface area contributed by atoms with E-state index in [0.717, 1.165) is 6.42 Å². The highest BCUT2D eigenvalue weighted by Gasteiger charge is 2.24. The van der Waals surface area contributed by atoms with Crippen molar-refractivity contribution in [2.75, 3.05) is 6.54 Å². The molecule has 0 aliphatic heterocycles. The first-order chi connectivity index (χ1) is 12.8. The Morgan fingerprint density at radius 1 is 0.615 bits per heavy atom. The van der Waals surface area contributed by atoms with Crippen LogP contribution in [0.15, 0.2) is 84.9 Å².